The highest BCUT2D eigenvalue weighted by Gasteiger charge is 1.94. The maximum Gasteiger partial charge on any atom is 0.187 e. The van der Waals surface area contributed by atoms with Crippen LogP contribution >= 0.6 is 12.2 Å². The Labute approximate surface area is 99.7 Å². The number of nitrogens with one attached hydrogen (secondary N) is 2. The average molecular weight is 235 g/mol. The second kappa shape index (κ2) is 6.58. The topological polar surface area (TPSA) is 56.7 Å². The number of benzene rings is 1. The van der Waals surface area contributed by atoms with Crippen LogP contribution < -0.4 is 10.7 Å². The number of hydrazone groups is 1. The van der Waals surface area contributed by atoms with E-state index in [9.17, 15) is 5.11 Å². The van der Waals surface area contributed by atoms with Crippen LogP contribution in [0.15, 0.2) is 42.0 Å². The summed E-state index contributed by atoms with van der Waals surface area (Å²) in [5.41, 5.74) is 3.25. The van der Waals surface area contributed by atoms with Gasteiger partial charge in [-0.05, 0) is 24.4 Å². The molecule has 1 aromatic rings. The highest BCUT2D eigenvalue weighted by Crippen LogP contribution is 2.12. The van der Waals surface area contributed by atoms with E-state index in [4.69, 9.17) is 12.2 Å². The molecule has 0 radical (unpaired) electrons. The largest absolute Gasteiger partial charge is 0.507 e. The van der Waals surface area contributed by atoms with Gasteiger partial charge in [-0.1, -0.05) is 18.2 Å². The fraction of sp³-hybridized carbons (Fsp3) is 0.0909. The summed E-state index contributed by atoms with van der Waals surface area (Å²) in [5, 5.41) is 16.6. The summed E-state index contributed by atoms with van der Waals surface area (Å²) in [5.74, 6) is 0.179. The summed E-state index contributed by atoms with van der Waals surface area (Å²) in [6.07, 6.45) is 3.19. The molecule has 0 fully saturated rings. The van der Waals surface area contributed by atoms with E-state index >= 15 is 0 Å². The lowest BCUT2D eigenvalue weighted by molar-refractivity contribution is 0.474. The Morgan fingerprint density at radius 3 is 2.94 bits per heavy atom. The van der Waals surface area contributed by atoms with Crippen LogP contribution in [0.4, 0.5) is 0 Å². The fourth-order valence-electron chi connectivity index (χ4n) is 0.962. The van der Waals surface area contributed by atoms with E-state index in [-0.39, 0.29) is 5.75 Å². The maximum absolute atomic E-state index is 9.44. The predicted octanol–water partition coefficient (Wildman–Crippen LogP) is 1.38. The Morgan fingerprint density at radius 1 is 1.50 bits per heavy atom. The molecule has 0 aliphatic carbocycles. The molecule has 0 amide bonds. The van der Waals surface area contributed by atoms with E-state index in [2.05, 4.69) is 22.4 Å². The minimum Gasteiger partial charge on any atom is -0.507 e. The lowest BCUT2D eigenvalue weighted by Crippen LogP contribution is -2.31. The van der Waals surface area contributed by atoms with Crippen molar-refractivity contribution >= 4 is 23.5 Å². The van der Waals surface area contributed by atoms with Crippen LogP contribution in [0.3, 0.4) is 0 Å². The van der Waals surface area contributed by atoms with Gasteiger partial charge in [0.25, 0.3) is 0 Å². The van der Waals surface area contributed by atoms with E-state index in [0.29, 0.717) is 17.2 Å². The first-order valence-electron chi connectivity index (χ1n) is 4.70. The lowest BCUT2D eigenvalue weighted by atomic mass is 10.2. The molecule has 0 spiro atoms. The molecule has 16 heavy (non-hydrogen) atoms. The van der Waals surface area contributed by atoms with Crippen molar-refractivity contribution in [3.63, 3.8) is 0 Å². The van der Waals surface area contributed by atoms with E-state index < -0.39 is 0 Å². The van der Waals surface area contributed by atoms with Gasteiger partial charge in [0, 0.05) is 12.1 Å². The summed E-state index contributed by atoms with van der Waals surface area (Å²) >= 11 is 4.92. The van der Waals surface area contributed by atoms with Crippen LogP contribution in [-0.4, -0.2) is 23.0 Å². The van der Waals surface area contributed by atoms with Gasteiger partial charge in [-0.25, -0.2) is 0 Å². The van der Waals surface area contributed by atoms with Gasteiger partial charge in [-0.15, -0.1) is 6.58 Å². The third-order valence-electron chi connectivity index (χ3n) is 1.71. The van der Waals surface area contributed by atoms with Crippen molar-refractivity contribution < 1.29 is 5.11 Å². The molecule has 0 atom stereocenters. The summed E-state index contributed by atoms with van der Waals surface area (Å²) in [6, 6.07) is 6.90. The highest BCUT2D eigenvalue weighted by atomic mass is 32.1. The van der Waals surface area contributed by atoms with Crippen LogP contribution in [0.2, 0.25) is 0 Å². The SMILES string of the molecule is C=CCNC(=S)N/N=C/c1ccccc1O. The number of phenolic OH excluding ortho intramolecular Hbond substituents is 1. The zero-order valence-corrected chi connectivity index (χ0v) is 9.50. The lowest BCUT2D eigenvalue weighted by Gasteiger charge is -2.03. The van der Waals surface area contributed by atoms with Crippen LogP contribution in [-0.2, 0) is 0 Å². The van der Waals surface area contributed by atoms with Crippen molar-refractivity contribution in [2.24, 2.45) is 5.10 Å². The van der Waals surface area contributed by atoms with Gasteiger partial charge in [0.1, 0.15) is 5.75 Å². The first-order valence-corrected chi connectivity index (χ1v) is 5.10. The first kappa shape index (κ1) is 12.2. The quantitative estimate of drug-likeness (QED) is 0.319. The van der Waals surface area contributed by atoms with Gasteiger partial charge in [-0.2, -0.15) is 5.10 Å². The molecule has 3 N–H and O–H groups in total. The Hall–Kier alpha value is -1.88. The molecule has 0 aromatic heterocycles. The molecule has 1 rings (SSSR count). The summed E-state index contributed by atoms with van der Waals surface area (Å²) in [4.78, 5) is 0. The minimum absolute atomic E-state index is 0.179. The molecule has 5 heteroatoms. The molecule has 0 bridgehead atoms. The molecule has 0 saturated carbocycles. The van der Waals surface area contributed by atoms with Crippen molar-refractivity contribution in [2.75, 3.05) is 6.54 Å². The number of nitrogens with zero attached hydrogens (tertiary/aromatic N) is 1. The van der Waals surface area contributed by atoms with Crippen LogP contribution in [0.5, 0.6) is 5.75 Å². The predicted molar refractivity (Wildman–Crippen MR) is 69.6 cm³/mol. The summed E-state index contributed by atoms with van der Waals surface area (Å²) in [6.45, 7) is 4.13. The molecule has 1 aromatic carbocycles. The van der Waals surface area contributed by atoms with E-state index in [1.165, 1.54) is 6.21 Å². The number of hydrogen-bond donors (Lipinski definition) is 3. The third kappa shape index (κ3) is 4.10. The highest BCUT2D eigenvalue weighted by molar-refractivity contribution is 7.80. The van der Waals surface area contributed by atoms with Gasteiger partial charge in [0.2, 0.25) is 0 Å². The Morgan fingerprint density at radius 2 is 2.25 bits per heavy atom. The van der Waals surface area contributed by atoms with Crippen LogP contribution in [0, 0.1) is 0 Å². The molecule has 0 aliphatic heterocycles. The standard InChI is InChI=1S/C11H13N3OS/c1-2-7-12-11(16)14-13-8-9-5-3-4-6-10(9)15/h2-6,8,15H,1,7H2,(H2,12,14,16)/b13-8+. The number of hydrogen-bond acceptors (Lipinski definition) is 3. The second-order valence-corrected chi connectivity index (χ2v) is 3.34. The van der Waals surface area contributed by atoms with Crippen molar-refractivity contribution in [1.29, 1.82) is 0 Å². The zero-order valence-electron chi connectivity index (χ0n) is 8.68. The average Bonchev–Trinajstić information content (AvgIpc) is 2.29. The van der Waals surface area contributed by atoms with Gasteiger partial charge in [-0.3, -0.25) is 5.43 Å². The number of phenols is 1. The minimum atomic E-state index is 0.179. The monoisotopic (exact) mass is 235 g/mol. The number of thiocarbonyl (C=S) groups is 1. The third-order valence-corrected chi connectivity index (χ3v) is 1.95. The van der Waals surface area contributed by atoms with Gasteiger partial charge < -0.3 is 10.4 Å². The van der Waals surface area contributed by atoms with Crippen molar-refractivity contribution in [1.82, 2.24) is 10.7 Å². The Bertz CT molecular complexity index is 404. The van der Waals surface area contributed by atoms with Crippen LogP contribution in [0.1, 0.15) is 5.56 Å². The molecular weight excluding hydrogens is 222 g/mol. The summed E-state index contributed by atoms with van der Waals surface area (Å²) < 4.78 is 0. The van der Waals surface area contributed by atoms with Gasteiger partial charge in [0.05, 0.1) is 6.21 Å². The normalized spacial score (nSPS) is 10.0. The molecule has 0 saturated heterocycles. The molecule has 0 aliphatic rings. The maximum atomic E-state index is 9.44. The molecule has 84 valence electrons. The molecular formula is C11H13N3OS. The number of para-hydroxylation sites is 1. The number of aromatic hydroxyl groups is 1. The first-order chi connectivity index (χ1) is 7.74. The Kier molecular flexibility index (Phi) is 5.01. The fourth-order valence-corrected chi connectivity index (χ4v) is 1.10. The van der Waals surface area contributed by atoms with E-state index in [0.717, 1.165) is 0 Å². The van der Waals surface area contributed by atoms with Gasteiger partial charge in [0.15, 0.2) is 5.11 Å². The van der Waals surface area contributed by atoms with Crippen molar-refractivity contribution in [2.45, 2.75) is 0 Å². The van der Waals surface area contributed by atoms with E-state index in [1.807, 2.05) is 6.07 Å². The van der Waals surface area contributed by atoms with E-state index in [1.54, 1.807) is 24.3 Å². The van der Waals surface area contributed by atoms with Crippen molar-refractivity contribution in [3.8, 4) is 5.75 Å². The number of rotatable bonds is 4. The molecule has 0 heterocycles. The molecule has 0 unspecified atom stereocenters. The smallest absolute Gasteiger partial charge is 0.187 e. The van der Waals surface area contributed by atoms with Crippen LogP contribution in [0.25, 0.3) is 0 Å². The van der Waals surface area contributed by atoms with Crippen molar-refractivity contribution in [3.05, 3.63) is 42.5 Å². The summed E-state index contributed by atoms with van der Waals surface area (Å²) in [7, 11) is 0. The Balaban J connectivity index is 2.46. The van der Waals surface area contributed by atoms with Gasteiger partial charge >= 0.3 is 0 Å². The second-order valence-electron chi connectivity index (χ2n) is 2.93. The molecule has 4 nitrogen and oxygen atoms in total. The zero-order chi connectivity index (χ0) is 11.8.